The minimum absolute atomic E-state index is 0. The van der Waals surface area contributed by atoms with Crippen LogP contribution in [0, 0.1) is 6.92 Å². The fourth-order valence-corrected chi connectivity index (χ4v) is 5.51. The fourth-order valence-electron chi connectivity index (χ4n) is 3.73. The Kier molecular flexibility index (Phi) is 7.61. The van der Waals surface area contributed by atoms with Crippen molar-refractivity contribution >= 4 is 73.9 Å². The van der Waals surface area contributed by atoms with E-state index >= 15 is 0 Å². The van der Waals surface area contributed by atoms with Crippen molar-refractivity contribution < 1.29 is 18.7 Å². The van der Waals surface area contributed by atoms with Crippen molar-refractivity contribution in [1.29, 1.82) is 0 Å². The number of benzene rings is 2. The van der Waals surface area contributed by atoms with Gasteiger partial charge in [0.15, 0.2) is 0 Å². The molecule has 0 saturated carbocycles. The molecule has 1 aliphatic heterocycles. The van der Waals surface area contributed by atoms with Crippen LogP contribution >= 0.6 is 23.1 Å². The monoisotopic (exact) mass is 488 g/mol. The van der Waals surface area contributed by atoms with E-state index in [2.05, 4.69) is 10.3 Å². The number of nitrogens with one attached hydrogen (secondary N) is 1. The summed E-state index contributed by atoms with van der Waals surface area (Å²) in [5, 5.41) is 4.73. The van der Waals surface area contributed by atoms with Crippen LogP contribution in [0.4, 0.5) is 4.79 Å². The molecular formula is C24H21N2NaO4S2. The van der Waals surface area contributed by atoms with Gasteiger partial charge in [-0.25, -0.2) is 4.98 Å². The first-order chi connectivity index (χ1) is 15.6. The van der Waals surface area contributed by atoms with Crippen molar-refractivity contribution in [2.24, 2.45) is 0 Å². The Morgan fingerprint density at radius 3 is 2.70 bits per heavy atom. The van der Waals surface area contributed by atoms with Gasteiger partial charge >= 0.3 is 29.6 Å². The molecule has 2 aromatic carbocycles. The summed E-state index contributed by atoms with van der Waals surface area (Å²) in [4.78, 5) is 28.0. The van der Waals surface area contributed by atoms with Crippen LogP contribution in [0.5, 0.6) is 5.75 Å². The Labute approximate surface area is 221 Å². The molecule has 1 aliphatic rings. The number of nitrogens with zero attached hydrogens (tertiary/aromatic N) is 1. The number of aryl methyl sites for hydroxylation is 1. The zero-order valence-electron chi connectivity index (χ0n) is 17.3. The summed E-state index contributed by atoms with van der Waals surface area (Å²) in [6.45, 7) is 2.39. The average Bonchev–Trinajstić information content (AvgIpc) is 3.50. The summed E-state index contributed by atoms with van der Waals surface area (Å²) in [7, 11) is 0. The van der Waals surface area contributed by atoms with Crippen LogP contribution in [0.2, 0.25) is 0 Å². The van der Waals surface area contributed by atoms with Crippen LogP contribution in [0.3, 0.4) is 0 Å². The molecule has 2 amide bonds. The number of aromatic nitrogens is 1. The number of carbonyl (C=O) groups excluding carboxylic acids is 2. The van der Waals surface area contributed by atoms with Crippen molar-refractivity contribution in [2.75, 3.05) is 6.61 Å². The van der Waals surface area contributed by atoms with E-state index in [0.717, 1.165) is 50.2 Å². The molecule has 5 rings (SSSR count). The molecule has 2 aromatic heterocycles. The number of imide groups is 1. The predicted octanol–water partition coefficient (Wildman–Crippen LogP) is 4.73. The third kappa shape index (κ3) is 5.20. The summed E-state index contributed by atoms with van der Waals surface area (Å²) >= 11 is 2.67. The quantitative estimate of drug-likeness (QED) is 0.379. The maximum absolute atomic E-state index is 11.9. The summed E-state index contributed by atoms with van der Waals surface area (Å²) < 4.78 is 13.0. The third-order valence-electron chi connectivity index (χ3n) is 5.34. The van der Waals surface area contributed by atoms with Gasteiger partial charge in [0.1, 0.15) is 11.5 Å². The van der Waals surface area contributed by atoms with Gasteiger partial charge in [0.05, 0.1) is 17.6 Å². The van der Waals surface area contributed by atoms with Crippen LogP contribution in [-0.4, -0.2) is 57.5 Å². The number of amides is 2. The average molecular weight is 489 g/mol. The first-order valence-corrected chi connectivity index (χ1v) is 12.0. The summed E-state index contributed by atoms with van der Waals surface area (Å²) in [5.41, 5.74) is 2.88. The number of thiophene rings is 1. The minimum atomic E-state index is -0.381. The third-order valence-corrected chi connectivity index (χ3v) is 7.31. The molecule has 3 heterocycles. The van der Waals surface area contributed by atoms with Crippen LogP contribution in [0.15, 0.2) is 58.3 Å². The number of hydrogen-bond acceptors (Lipinski definition) is 7. The van der Waals surface area contributed by atoms with Gasteiger partial charge in [-0.05, 0) is 48.6 Å². The van der Waals surface area contributed by atoms with E-state index < -0.39 is 0 Å². The second-order valence-electron chi connectivity index (χ2n) is 7.46. The van der Waals surface area contributed by atoms with Gasteiger partial charge in [0.2, 0.25) is 11.8 Å². The van der Waals surface area contributed by atoms with E-state index in [9.17, 15) is 9.59 Å². The van der Waals surface area contributed by atoms with E-state index in [1.165, 1.54) is 0 Å². The zero-order chi connectivity index (χ0) is 22.1. The molecule has 6 nitrogen and oxygen atoms in total. The molecule has 164 valence electrons. The molecule has 9 heteroatoms. The predicted molar refractivity (Wildman–Crippen MR) is 133 cm³/mol. The Morgan fingerprint density at radius 2 is 1.94 bits per heavy atom. The van der Waals surface area contributed by atoms with Crippen LogP contribution in [-0.2, 0) is 17.6 Å². The topological polar surface area (TPSA) is 81.4 Å². The van der Waals surface area contributed by atoms with Crippen LogP contribution < -0.4 is 10.1 Å². The number of thioether (sulfide) groups is 1. The van der Waals surface area contributed by atoms with Crippen molar-refractivity contribution in [1.82, 2.24) is 10.3 Å². The zero-order valence-corrected chi connectivity index (χ0v) is 18.9. The molecule has 1 N–H and O–H groups in total. The first-order valence-electron chi connectivity index (χ1n) is 10.2. The molecule has 1 fully saturated rings. The van der Waals surface area contributed by atoms with Gasteiger partial charge in [0.25, 0.3) is 5.24 Å². The van der Waals surface area contributed by atoms with Gasteiger partial charge in [0, 0.05) is 22.1 Å². The Balaban J connectivity index is 0.00000259. The molecule has 0 aliphatic carbocycles. The Morgan fingerprint density at radius 1 is 1.12 bits per heavy atom. The van der Waals surface area contributed by atoms with Crippen molar-refractivity contribution in [2.45, 2.75) is 25.0 Å². The SMILES string of the molecule is Cc1oc(-c2ccccc2)nc1CCOc1ccc(CC2SC(=O)NC2=O)c2sccc12.[NaH]. The summed E-state index contributed by atoms with van der Waals surface area (Å²) in [5.74, 6) is 2.00. The van der Waals surface area contributed by atoms with Gasteiger partial charge in [-0.15, -0.1) is 11.3 Å². The van der Waals surface area contributed by atoms with E-state index in [-0.39, 0.29) is 46.0 Å². The van der Waals surface area contributed by atoms with Gasteiger partial charge in [-0.3, -0.25) is 14.9 Å². The molecule has 0 radical (unpaired) electrons. The molecule has 1 unspecified atom stereocenters. The molecule has 4 aromatic rings. The van der Waals surface area contributed by atoms with Crippen molar-refractivity contribution in [3.8, 4) is 17.2 Å². The Bertz CT molecular complexity index is 1300. The first kappa shape index (κ1) is 24.0. The van der Waals surface area contributed by atoms with Gasteiger partial charge < -0.3 is 9.15 Å². The van der Waals surface area contributed by atoms with Gasteiger partial charge in [-0.1, -0.05) is 36.0 Å². The maximum atomic E-state index is 11.9. The number of ether oxygens (including phenoxy) is 1. The number of oxazole rings is 1. The van der Waals surface area contributed by atoms with Crippen LogP contribution in [0.1, 0.15) is 17.0 Å². The molecule has 1 atom stereocenters. The summed E-state index contributed by atoms with van der Waals surface area (Å²) in [6, 6.07) is 15.8. The second-order valence-corrected chi connectivity index (χ2v) is 9.55. The molecule has 0 spiro atoms. The molecule has 1 saturated heterocycles. The number of hydrogen-bond donors (Lipinski definition) is 1. The van der Waals surface area contributed by atoms with Gasteiger partial charge in [-0.2, -0.15) is 0 Å². The Hall–Kier alpha value is -2.10. The van der Waals surface area contributed by atoms with E-state index in [0.29, 0.717) is 25.3 Å². The number of rotatable bonds is 7. The van der Waals surface area contributed by atoms with E-state index in [4.69, 9.17) is 9.15 Å². The molecule has 33 heavy (non-hydrogen) atoms. The molecule has 0 bridgehead atoms. The van der Waals surface area contributed by atoms with Crippen molar-refractivity contribution in [3.63, 3.8) is 0 Å². The fraction of sp³-hybridized carbons (Fsp3) is 0.208. The van der Waals surface area contributed by atoms with Crippen LogP contribution in [0.25, 0.3) is 21.5 Å². The van der Waals surface area contributed by atoms with E-state index in [1.807, 2.05) is 60.8 Å². The summed E-state index contributed by atoms with van der Waals surface area (Å²) in [6.07, 6.45) is 1.15. The molecular weight excluding hydrogens is 467 g/mol. The normalized spacial score (nSPS) is 15.5. The standard InChI is InChI=1S/C24H20N2O4S2.Na.H/c1-14-18(25-23(30-14)15-5-3-2-4-6-15)9-11-29-19-8-7-16(21-17(19)10-12-31-21)13-20-22(27)26-24(28)32-20;;/h2-8,10,12,20H,9,11,13H2,1H3,(H,26,27,28);;. The van der Waals surface area contributed by atoms with Crippen molar-refractivity contribution in [3.05, 3.63) is 70.9 Å². The van der Waals surface area contributed by atoms with E-state index in [1.54, 1.807) is 11.3 Å². The second kappa shape index (κ2) is 10.4. The number of carbonyl (C=O) groups is 2. The number of fused-ring (bicyclic) bond motifs is 1.